The van der Waals surface area contributed by atoms with E-state index in [0.717, 1.165) is 42.2 Å². The summed E-state index contributed by atoms with van der Waals surface area (Å²) in [6.45, 7) is 5.46. The third-order valence-electron chi connectivity index (χ3n) is 3.74. The number of amides is 1. The molecule has 0 radical (unpaired) electrons. The molecule has 0 aliphatic carbocycles. The molecule has 1 amide bonds. The molecule has 1 aliphatic heterocycles. The lowest BCUT2D eigenvalue weighted by Gasteiger charge is -2.05. The lowest BCUT2D eigenvalue weighted by molar-refractivity contribution is 0.0954. The van der Waals surface area contributed by atoms with Crippen molar-refractivity contribution in [3.8, 4) is 0 Å². The summed E-state index contributed by atoms with van der Waals surface area (Å²) >= 11 is 1.51. The molecule has 0 saturated carbocycles. The van der Waals surface area contributed by atoms with Crippen molar-refractivity contribution in [2.45, 2.75) is 45.8 Å². The number of carbonyl (C=O) groups is 1. The number of thiophene rings is 1. The lowest BCUT2D eigenvalue weighted by atomic mass is 10.1. The molecular weight excluding hydrogens is 312 g/mol. The highest BCUT2D eigenvalue weighted by Crippen LogP contribution is 2.33. The van der Waals surface area contributed by atoms with Crippen molar-refractivity contribution in [3.05, 3.63) is 39.4 Å². The summed E-state index contributed by atoms with van der Waals surface area (Å²) in [6, 6.07) is 5.77. The predicted octanol–water partition coefficient (Wildman–Crippen LogP) is 3.72. The van der Waals surface area contributed by atoms with Gasteiger partial charge in [0.15, 0.2) is 0 Å². The van der Waals surface area contributed by atoms with Crippen LogP contribution in [0, 0.1) is 5.92 Å². The topological polar surface area (TPSA) is 64.4 Å². The molecule has 5 nitrogen and oxygen atoms in total. The number of carbonyl (C=O) groups excluding carboxylic acids is 1. The van der Waals surface area contributed by atoms with Crippen LogP contribution >= 0.6 is 11.3 Å². The quantitative estimate of drug-likeness (QED) is 0.874. The van der Waals surface area contributed by atoms with Gasteiger partial charge in [-0.05, 0) is 30.9 Å². The van der Waals surface area contributed by atoms with E-state index >= 15 is 0 Å². The van der Waals surface area contributed by atoms with Crippen LogP contribution in [0.5, 0.6) is 0 Å². The Morgan fingerprint density at radius 3 is 3.09 bits per heavy atom. The number of nitrogens with one attached hydrogen (secondary N) is 1. The Hall–Kier alpha value is -1.66. The number of hydrogen-bond acceptors (Lipinski definition) is 5. The van der Waals surface area contributed by atoms with E-state index < -0.39 is 0 Å². The normalized spacial score (nSPS) is 17.8. The highest BCUT2D eigenvalue weighted by molar-refractivity contribution is 7.14. The van der Waals surface area contributed by atoms with Gasteiger partial charge in [0, 0.05) is 24.0 Å². The molecule has 1 fully saturated rings. The summed E-state index contributed by atoms with van der Waals surface area (Å²) in [5, 5.41) is 6.89. The molecule has 1 aliphatic rings. The van der Waals surface area contributed by atoms with E-state index in [1.807, 2.05) is 18.2 Å². The molecule has 3 rings (SSSR count). The maximum atomic E-state index is 12.2. The minimum atomic E-state index is -0.0762. The lowest BCUT2D eigenvalue weighted by Crippen LogP contribution is -2.21. The van der Waals surface area contributed by atoms with Gasteiger partial charge in [0.25, 0.3) is 5.91 Å². The Morgan fingerprint density at radius 1 is 1.48 bits per heavy atom. The van der Waals surface area contributed by atoms with Crippen molar-refractivity contribution in [1.82, 2.24) is 10.5 Å². The van der Waals surface area contributed by atoms with Gasteiger partial charge in [-0.3, -0.25) is 4.79 Å². The zero-order valence-electron chi connectivity index (χ0n) is 13.5. The second kappa shape index (κ2) is 7.27. The van der Waals surface area contributed by atoms with E-state index in [0.29, 0.717) is 17.3 Å². The number of nitrogens with zero attached hydrogens (tertiary/aromatic N) is 1. The maximum absolute atomic E-state index is 12.2. The van der Waals surface area contributed by atoms with Crippen molar-refractivity contribution in [1.29, 1.82) is 0 Å². The molecule has 23 heavy (non-hydrogen) atoms. The van der Waals surface area contributed by atoms with E-state index in [1.54, 1.807) is 0 Å². The van der Waals surface area contributed by atoms with E-state index in [2.05, 4.69) is 24.3 Å². The van der Waals surface area contributed by atoms with Gasteiger partial charge >= 0.3 is 0 Å². The smallest absolute Gasteiger partial charge is 0.261 e. The van der Waals surface area contributed by atoms with Gasteiger partial charge in [-0.15, -0.1) is 11.3 Å². The maximum Gasteiger partial charge on any atom is 0.261 e. The molecule has 1 saturated heterocycles. The second-order valence-corrected chi connectivity index (χ2v) is 7.38. The zero-order chi connectivity index (χ0) is 16.2. The number of rotatable bonds is 6. The Labute approximate surface area is 140 Å². The third kappa shape index (κ3) is 4.20. The first-order valence-corrected chi connectivity index (χ1v) is 8.87. The minimum absolute atomic E-state index is 0.0762. The Kier molecular flexibility index (Phi) is 5.13. The van der Waals surface area contributed by atoms with Crippen LogP contribution < -0.4 is 5.32 Å². The molecule has 0 bridgehead atoms. The summed E-state index contributed by atoms with van der Waals surface area (Å²) in [6.07, 6.45) is 3.15. The molecule has 0 aromatic carbocycles. The van der Waals surface area contributed by atoms with Gasteiger partial charge in [0.2, 0.25) is 0 Å². The molecule has 3 heterocycles. The molecule has 0 spiro atoms. The van der Waals surface area contributed by atoms with Crippen LogP contribution in [0.2, 0.25) is 0 Å². The van der Waals surface area contributed by atoms with Gasteiger partial charge < -0.3 is 14.6 Å². The monoisotopic (exact) mass is 334 g/mol. The highest BCUT2D eigenvalue weighted by atomic mass is 32.1. The average molecular weight is 334 g/mol. The molecule has 2 aromatic rings. The van der Waals surface area contributed by atoms with Crippen LogP contribution in [-0.2, 0) is 17.7 Å². The van der Waals surface area contributed by atoms with Crippen LogP contribution in [0.25, 0.3) is 0 Å². The Bertz CT molecular complexity index is 656. The van der Waals surface area contributed by atoms with E-state index in [-0.39, 0.29) is 12.0 Å². The van der Waals surface area contributed by atoms with Gasteiger partial charge in [-0.2, -0.15) is 0 Å². The van der Waals surface area contributed by atoms with Gasteiger partial charge in [-0.1, -0.05) is 19.0 Å². The molecule has 6 heteroatoms. The third-order valence-corrected chi connectivity index (χ3v) is 4.92. The van der Waals surface area contributed by atoms with Crippen molar-refractivity contribution in [2.75, 3.05) is 6.61 Å². The second-order valence-electron chi connectivity index (χ2n) is 6.27. The van der Waals surface area contributed by atoms with Crippen molar-refractivity contribution in [3.63, 3.8) is 0 Å². The fourth-order valence-electron chi connectivity index (χ4n) is 2.65. The number of ether oxygens (including phenoxy) is 1. The first kappa shape index (κ1) is 16.2. The zero-order valence-corrected chi connectivity index (χ0v) is 14.3. The summed E-state index contributed by atoms with van der Waals surface area (Å²) in [7, 11) is 0. The largest absolute Gasteiger partial charge is 0.373 e. The van der Waals surface area contributed by atoms with Gasteiger partial charge in [0.1, 0.15) is 11.5 Å². The first-order valence-electron chi connectivity index (χ1n) is 8.06. The summed E-state index contributed by atoms with van der Waals surface area (Å²) < 4.78 is 10.9. The van der Waals surface area contributed by atoms with Gasteiger partial charge in [-0.25, -0.2) is 0 Å². The fraction of sp³-hybridized carbons (Fsp3) is 0.529. The molecule has 1 N–H and O–H groups in total. The van der Waals surface area contributed by atoms with E-state index in [9.17, 15) is 4.79 Å². The predicted molar refractivity (Wildman–Crippen MR) is 88.5 cm³/mol. The highest BCUT2D eigenvalue weighted by Gasteiger charge is 2.21. The van der Waals surface area contributed by atoms with Crippen LogP contribution in [-0.4, -0.2) is 17.7 Å². The average Bonchev–Trinajstić information content (AvgIpc) is 3.24. The van der Waals surface area contributed by atoms with Crippen LogP contribution in [0.3, 0.4) is 0 Å². The Balaban J connectivity index is 1.53. The summed E-state index contributed by atoms with van der Waals surface area (Å²) in [4.78, 5) is 14.1. The summed E-state index contributed by atoms with van der Waals surface area (Å²) in [5.74, 6) is 1.31. The van der Waals surface area contributed by atoms with Crippen LogP contribution in [0.4, 0.5) is 0 Å². The van der Waals surface area contributed by atoms with E-state index in [4.69, 9.17) is 9.26 Å². The standard InChI is InChI=1S/C17H22N2O3S/c1-11(2)8-13-9-12(19-22-13)10-18-17(20)16-6-5-15(23-16)14-4-3-7-21-14/h5-6,9,11,14H,3-4,7-8,10H2,1-2H3,(H,18,20)/t14-/m1/s1. The molecule has 2 aromatic heterocycles. The first-order chi connectivity index (χ1) is 11.1. The van der Waals surface area contributed by atoms with Crippen molar-refractivity contribution >= 4 is 17.2 Å². The fourth-order valence-corrected chi connectivity index (χ4v) is 3.65. The number of aromatic nitrogens is 1. The Morgan fingerprint density at radius 2 is 2.35 bits per heavy atom. The van der Waals surface area contributed by atoms with E-state index in [1.165, 1.54) is 11.3 Å². The van der Waals surface area contributed by atoms with Gasteiger partial charge in [0.05, 0.1) is 17.5 Å². The number of hydrogen-bond donors (Lipinski definition) is 1. The summed E-state index contributed by atoms with van der Waals surface area (Å²) in [5.41, 5.74) is 0.755. The molecular formula is C17H22N2O3S. The molecule has 0 unspecified atom stereocenters. The molecule has 1 atom stereocenters. The van der Waals surface area contributed by atoms with Crippen LogP contribution in [0.15, 0.2) is 22.7 Å². The van der Waals surface area contributed by atoms with Crippen molar-refractivity contribution in [2.24, 2.45) is 5.92 Å². The van der Waals surface area contributed by atoms with Crippen molar-refractivity contribution < 1.29 is 14.1 Å². The molecule has 124 valence electrons. The minimum Gasteiger partial charge on any atom is -0.373 e. The van der Waals surface area contributed by atoms with Crippen LogP contribution in [0.1, 0.15) is 58.8 Å². The SMILES string of the molecule is CC(C)Cc1cc(CNC(=O)c2ccc([C@H]3CCCO3)s2)no1.